The molecule has 0 radical (unpaired) electrons. The number of carbonyl (C=O) groups excluding carboxylic acids is 1. The summed E-state index contributed by atoms with van der Waals surface area (Å²) in [4.78, 5) is 14.2. The van der Waals surface area contributed by atoms with Gasteiger partial charge in [-0.1, -0.05) is 6.92 Å². The molecule has 0 spiro atoms. The molecular weight excluding hydrogens is 312 g/mol. The van der Waals surface area contributed by atoms with Gasteiger partial charge in [0.15, 0.2) is 0 Å². The van der Waals surface area contributed by atoms with Crippen molar-refractivity contribution in [1.29, 1.82) is 0 Å². The number of halogens is 1. The molecule has 1 aromatic rings. The first-order valence-corrected chi connectivity index (χ1v) is 9.34. The Kier molecular flexibility index (Phi) is 4.40. The van der Waals surface area contributed by atoms with Gasteiger partial charge in [-0.3, -0.25) is 4.79 Å². The smallest absolute Gasteiger partial charge is 0.270 e. The molecule has 0 N–H and O–H groups in total. The highest BCUT2D eigenvalue weighted by Crippen LogP contribution is 2.38. The van der Waals surface area contributed by atoms with E-state index in [0.717, 1.165) is 6.42 Å². The highest BCUT2D eigenvalue weighted by Gasteiger charge is 2.35. The fraction of sp³-hybridized carbons (Fsp3) is 0.643. The van der Waals surface area contributed by atoms with Gasteiger partial charge in [0.1, 0.15) is 10.6 Å². The van der Waals surface area contributed by atoms with E-state index in [2.05, 4.69) is 6.92 Å². The molecule has 1 saturated carbocycles. The van der Waals surface area contributed by atoms with E-state index in [4.69, 9.17) is 10.7 Å². The van der Waals surface area contributed by atoms with Gasteiger partial charge in [-0.05, 0) is 38.2 Å². The summed E-state index contributed by atoms with van der Waals surface area (Å²) in [5.41, 5.74) is 0.361. The van der Waals surface area contributed by atoms with Gasteiger partial charge in [-0.25, -0.2) is 8.42 Å². The molecule has 2 unspecified atom stereocenters. The van der Waals surface area contributed by atoms with Crippen molar-refractivity contribution < 1.29 is 13.2 Å². The van der Waals surface area contributed by atoms with Crippen molar-refractivity contribution in [3.05, 3.63) is 18.0 Å². The first-order chi connectivity index (χ1) is 9.61. The quantitative estimate of drug-likeness (QED) is 0.779. The highest BCUT2D eigenvalue weighted by molar-refractivity contribution is 8.13. The number of rotatable bonds is 5. The van der Waals surface area contributed by atoms with Crippen molar-refractivity contribution in [3.8, 4) is 0 Å². The highest BCUT2D eigenvalue weighted by atomic mass is 35.7. The Hall–Kier alpha value is -1.01. The Morgan fingerprint density at radius 2 is 2.10 bits per heavy atom. The number of hydrogen-bond acceptors (Lipinski definition) is 3. The average Bonchev–Trinajstić information content (AvgIpc) is 2.90. The van der Waals surface area contributed by atoms with E-state index in [0.29, 0.717) is 24.1 Å². The normalized spacial score (nSPS) is 21.6. The second-order valence-electron chi connectivity index (χ2n) is 6.16. The molecule has 0 aliphatic heterocycles. The third-order valence-corrected chi connectivity index (χ3v) is 5.33. The molecule has 0 bridgehead atoms. The van der Waals surface area contributed by atoms with Gasteiger partial charge >= 0.3 is 0 Å². The summed E-state index contributed by atoms with van der Waals surface area (Å²) in [7, 11) is 3.29. The Morgan fingerprint density at radius 3 is 2.52 bits per heavy atom. The predicted molar refractivity (Wildman–Crippen MR) is 82.1 cm³/mol. The molecule has 2 rings (SSSR count). The molecule has 0 aromatic carbocycles. The summed E-state index contributed by atoms with van der Waals surface area (Å²) in [6.45, 7) is 6.65. The second kappa shape index (κ2) is 5.65. The summed E-state index contributed by atoms with van der Waals surface area (Å²) in [5.74, 6) is 1.04. The molecule has 1 fully saturated rings. The average molecular weight is 333 g/mol. The van der Waals surface area contributed by atoms with Crippen molar-refractivity contribution >= 4 is 25.6 Å². The van der Waals surface area contributed by atoms with Crippen molar-refractivity contribution in [2.24, 2.45) is 11.8 Å². The predicted octanol–water partition coefficient (Wildman–Crippen LogP) is 2.72. The van der Waals surface area contributed by atoms with Gasteiger partial charge < -0.3 is 9.47 Å². The number of hydrogen-bond donors (Lipinski definition) is 0. The van der Waals surface area contributed by atoms with Crippen molar-refractivity contribution in [2.75, 3.05) is 13.6 Å². The zero-order valence-electron chi connectivity index (χ0n) is 12.7. The molecule has 2 atom stereocenters. The number of amides is 1. The Morgan fingerprint density at radius 1 is 1.52 bits per heavy atom. The van der Waals surface area contributed by atoms with Crippen LogP contribution in [0.5, 0.6) is 0 Å². The van der Waals surface area contributed by atoms with Crippen molar-refractivity contribution in [1.82, 2.24) is 9.47 Å². The lowest BCUT2D eigenvalue weighted by molar-refractivity contribution is 0.0774. The zero-order valence-corrected chi connectivity index (χ0v) is 14.3. The standard InChI is InChI=1S/C14H21ClN2O3S/c1-9(2)17-8-12(21(15,19)20)6-13(17)14(18)16(4)7-11-5-10(11)3/h6,8-11H,5,7H2,1-4H3. The molecule has 5 nitrogen and oxygen atoms in total. The van der Waals surface area contributed by atoms with Gasteiger partial charge in [0.25, 0.3) is 15.0 Å². The minimum Gasteiger partial charge on any atom is -0.340 e. The SMILES string of the molecule is CC1CC1CN(C)C(=O)c1cc(S(=O)(=O)Cl)cn1C(C)C. The first-order valence-electron chi connectivity index (χ1n) is 7.03. The molecular formula is C14H21ClN2O3S. The van der Waals surface area contributed by atoms with E-state index in [1.54, 1.807) is 16.5 Å². The van der Waals surface area contributed by atoms with Gasteiger partial charge in [0, 0.05) is 36.5 Å². The van der Waals surface area contributed by atoms with Gasteiger partial charge in [-0.2, -0.15) is 0 Å². The van der Waals surface area contributed by atoms with Crippen LogP contribution in [0.3, 0.4) is 0 Å². The third-order valence-electron chi connectivity index (χ3n) is 4.01. The minimum atomic E-state index is -3.84. The van der Waals surface area contributed by atoms with E-state index < -0.39 is 9.05 Å². The molecule has 118 valence electrons. The molecule has 7 heteroatoms. The minimum absolute atomic E-state index is 0.0237. The van der Waals surface area contributed by atoms with Crippen LogP contribution in [0, 0.1) is 11.8 Å². The molecule has 1 heterocycles. The fourth-order valence-corrected chi connectivity index (χ4v) is 3.21. The molecule has 1 aliphatic rings. The maximum atomic E-state index is 12.5. The lowest BCUT2D eigenvalue weighted by Crippen LogP contribution is -2.31. The van der Waals surface area contributed by atoms with Crippen LogP contribution in [0.15, 0.2) is 17.2 Å². The van der Waals surface area contributed by atoms with Crippen LogP contribution in [0.1, 0.15) is 43.7 Å². The Bertz CT molecular complexity index is 651. The van der Waals surface area contributed by atoms with Gasteiger partial charge in [-0.15, -0.1) is 0 Å². The van der Waals surface area contributed by atoms with E-state index in [-0.39, 0.29) is 16.8 Å². The molecule has 1 aliphatic carbocycles. The van der Waals surface area contributed by atoms with Crippen LogP contribution >= 0.6 is 10.7 Å². The Balaban J connectivity index is 2.28. The first kappa shape index (κ1) is 16.4. The van der Waals surface area contributed by atoms with Crippen molar-refractivity contribution in [2.45, 2.75) is 38.1 Å². The maximum Gasteiger partial charge on any atom is 0.270 e. The lowest BCUT2D eigenvalue weighted by Gasteiger charge is -2.19. The molecule has 1 aromatic heterocycles. The van der Waals surface area contributed by atoms with Crippen LogP contribution in [0.4, 0.5) is 0 Å². The number of nitrogens with zero attached hydrogens (tertiary/aromatic N) is 2. The summed E-state index contributed by atoms with van der Waals surface area (Å²) in [6, 6.07) is 1.33. The van der Waals surface area contributed by atoms with Gasteiger partial charge in [0.2, 0.25) is 0 Å². The molecule has 21 heavy (non-hydrogen) atoms. The van der Waals surface area contributed by atoms with Crippen LogP contribution in [0.25, 0.3) is 0 Å². The Labute approximate surface area is 130 Å². The lowest BCUT2D eigenvalue weighted by atomic mass is 10.3. The second-order valence-corrected chi connectivity index (χ2v) is 8.72. The van der Waals surface area contributed by atoms with E-state index in [9.17, 15) is 13.2 Å². The van der Waals surface area contributed by atoms with Crippen LogP contribution in [-0.4, -0.2) is 37.4 Å². The number of carbonyl (C=O) groups is 1. The summed E-state index contributed by atoms with van der Waals surface area (Å²) in [6.07, 6.45) is 2.57. The summed E-state index contributed by atoms with van der Waals surface area (Å²) < 4.78 is 24.6. The van der Waals surface area contributed by atoms with Crippen molar-refractivity contribution in [3.63, 3.8) is 0 Å². The van der Waals surface area contributed by atoms with Crippen LogP contribution in [0.2, 0.25) is 0 Å². The van der Waals surface area contributed by atoms with E-state index in [1.807, 2.05) is 13.8 Å². The van der Waals surface area contributed by atoms with Crippen LogP contribution in [-0.2, 0) is 9.05 Å². The van der Waals surface area contributed by atoms with E-state index in [1.165, 1.54) is 12.3 Å². The van der Waals surface area contributed by atoms with Gasteiger partial charge in [0.05, 0.1) is 0 Å². The monoisotopic (exact) mass is 332 g/mol. The molecule has 1 amide bonds. The zero-order chi connectivity index (χ0) is 15.9. The summed E-state index contributed by atoms with van der Waals surface area (Å²) in [5, 5.41) is 0. The third kappa shape index (κ3) is 3.61. The topological polar surface area (TPSA) is 59.4 Å². The summed E-state index contributed by atoms with van der Waals surface area (Å²) >= 11 is 0. The fourth-order valence-electron chi connectivity index (χ4n) is 2.47. The largest absolute Gasteiger partial charge is 0.340 e. The number of aromatic nitrogens is 1. The maximum absolute atomic E-state index is 12.5. The molecule has 0 saturated heterocycles. The van der Waals surface area contributed by atoms with Crippen LogP contribution < -0.4 is 0 Å². The van der Waals surface area contributed by atoms with E-state index >= 15 is 0 Å².